The predicted molar refractivity (Wildman–Crippen MR) is 123 cm³/mol. The fourth-order valence-electron chi connectivity index (χ4n) is 3.25. The molecule has 0 saturated carbocycles. The van der Waals surface area contributed by atoms with E-state index < -0.39 is 11.7 Å². The van der Waals surface area contributed by atoms with Gasteiger partial charge in [0.25, 0.3) is 0 Å². The van der Waals surface area contributed by atoms with Crippen LogP contribution in [0.2, 0.25) is 10.0 Å². The van der Waals surface area contributed by atoms with Gasteiger partial charge in [-0.1, -0.05) is 49.2 Å². The quantitative estimate of drug-likeness (QED) is 0.297. The normalized spacial score (nSPS) is 11.9. The largest absolute Gasteiger partial charge is 0.416 e. The average molecular weight is 502 g/mol. The molecule has 0 aliphatic heterocycles. The van der Waals surface area contributed by atoms with Gasteiger partial charge in [0.05, 0.1) is 21.2 Å². The number of hydrogen-bond acceptors (Lipinski definition) is 4. The summed E-state index contributed by atoms with van der Waals surface area (Å²) in [6.07, 6.45) is -2.90. The Morgan fingerprint density at radius 2 is 1.75 bits per heavy atom. The van der Waals surface area contributed by atoms with Gasteiger partial charge in [0.2, 0.25) is 0 Å². The van der Waals surface area contributed by atoms with Gasteiger partial charge in [-0.3, -0.25) is 4.79 Å². The Kier molecular flexibility index (Phi) is 6.88. The van der Waals surface area contributed by atoms with Crippen molar-refractivity contribution in [3.8, 4) is 5.69 Å². The van der Waals surface area contributed by atoms with Gasteiger partial charge in [0.1, 0.15) is 16.5 Å². The van der Waals surface area contributed by atoms with E-state index in [1.807, 2.05) is 39.0 Å². The Morgan fingerprint density at radius 3 is 2.25 bits per heavy atom. The number of benzene rings is 2. The van der Waals surface area contributed by atoms with Gasteiger partial charge in [-0.25, -0.2) is 4.68 Å². The lowest BCUT2D eigenvalue weighted by molar-refractivity contribution is -0.137. The first kappa shape index (κ1) is 24.5. The van der Waals surface area contributed by atoms with Gasteiger partial charge < -0.3 is 5.73 Å². The zero-order valence-electron chi connectivity index (χ0n) is 17.6. The van der Waals surface area contributed by atoms with Gasteiger partial charge in [0.15, 0.2) is 5.78 Å². The van der Waals surface area contributed by atoms with E-state index in [2.05, 4.69) is 5.10 Å². The summed E-state index contributed by atoms with van der Waals surface area (Å²) in [6, 6.07) is 7.15. The minimum Gasteiger partial charge on any atom is -0.383 e. The molecule has 3 rings (SSSR count). The van der Waals surface area contributed by atoms with Crippen molar-refractivity contribution in [1.82, 2.24) is 9.78 Å². The molecular formula is C22H20Cl2F3N3OS. The molecule has 1 aromatic heterocycles. The number of halogens is 5. The van der Waals surface area contributed by atoms with Crippen LogP contribution in [-0.2, 0) is 6.18 Å². The van der Waals surface area contributed by atoms with E-state index in [0.29, 0.717) is 10.6 Å². The van der Waals surface area contributed by atoms with Crippen molar-refractivity contribution < 1.29 is 18.0 Å². The van der Waals surface area contributed by atoms with Gasteiger partial charge in [-0.2, -0.15) is 18.3 Å². The first-order valence-corrected chi connectivity index (χ1v) is 11.5. The van der Waals surface area contributed by atoms with E-state index in [9.17, 15) is 18.0 Å². The molecule has 0 aliphatic rings. The maximum atomic E-state index is 13.5. The molecule has 0 bridgehead atoms. The number of nitrogen functional groups attached to an aromatic ring is 1. The lowest BCUT2D eigenvalue weighted by Gasteiger charge is -2.13. The van der Waals surface area contributed by atoms with Crippen LogP contribution < -0.4 is 5.73 Å². The third-order valence-corrected chi connectivity index (χ3v) is 6.29. The zero-order chi connectivity index (χ0) is 24.0. The molecule has 170 valence electrons. The molecule has 0 fully saturated rings. The maximum absolute atomic E-state index is 13.5. The molecule has 0 amide bonds. The summed E-state index contributed by atoms with van der Waals surface area (Å²) in [5.41, 5.74) is 7.64. The summed E-state index contributed by atoms with van der Waals surface area (Å²) in [5, 5.41) is 4.07. The maximum Gasteiger partial charge on any atom is 0.416 e. The fraction of sp³-hybridized carbons (Fsp3) is 0.273. The number of aromatic nitrogens is 2. The standard InChI is InChI=1S/C22H20Cl2F3N3OS/c1-10(2)12-6-5-11(3)14(7-12)19(31)17-20(28)30(29-21(17)32-4)18-15(23)8-13(9-16(18)24)22(25,26)27/h5-10H,28H2,1-4H3. The minimum absolute atomic E-state index is 0.0270. The summed E-state index contributed by atoms with van der Waals surface area (Å²) < 4.78 is 40.4. The van der Waals surface area contributed by atoms with E-state index in [-0.39, 0.29) is 38.8 Å². The Hall–Kier alpha value is -2.16. The predicted octanol–water partition coefficient (Wildman–Crippen LogP) is 7.16. The summed E-state index contributed by atoms with van der Waals surface area (Å²) in [4.78, 5) is 13.5. The van der Waals surface area contributed by atoms with E-state index in [1.165, 1.54) is 11.8 Å². The molecule has 0 radical (unpaired) electrons. The van der Waals surface area contributed by atoms with E-state index in [0.717, 1.165) is 27.9 Å². The topological polar surface area (TPSA) is 60.9 Å². The van der Waals surface area contributed by atoms with Crippen LogP contribution in [0.4, 0.5) is 19.0 Å². The number of ketones is 1. The lowest BCUT2D eigenvalue weighted by Crippen LogP contribution is -2.11. The van der Waals surface area contributed by atoms with Crippen LogP contribution in [0, 0.1) is 6.92 Å². The van der Waals surface area contributed by atoms with Crippen LogP contribution in [0.5, 0.6) is 0 Å². The van der Waals surface area contributed by atoms with Crippen LogP contribution in [0.25, 0.3) is 5.69 Å². The number of alkyl halides is 3. The number of anilines is 1. The van der Waals surface area contributed by atoms with Crippen LogP contribution in [0.1, 0.15) is 52.4 Å². The van der Waals surface area contributed by atoms with Crippen molar-refractivity contribution in [3.63, 3.8) is 0 Å². The highest BCUT2D eigenvalue weighted by atomic mass is 35.5. The Morgan fingerprint density at radius 1 is 1.16 bits per heavy atom. The molecule has 0 spiro atoms. The van der Waals surface area contributed by atoms with E-state index in [4.69, 9.17) is 28.9 Å². The minimum atomic E-state index is -4.62. The van der Waals surface area contributed by atoms with Crippen LogP contribution in [0.15, 0.2) is 35.4 Å². The first-order valence-electron chi connectivity index (χ1n) is 9.51. The lowest BCUT2D eigenvalue weighted by atomic mass is 9.94. The molecule has 2 aromatic carbocycles. The monoisotopic (exact) mass is 501 g/mol. The second kappa shape index (κ2) is 9.00. The SMILES string of the molecule is CSc1nn(-c2c(Cl)cc(C(F)(F)F)cc2Cl)c(N)c1C(=O)c1cc(C(C)C)ccc1C. The summed E-state index contributed by atoms with van der Waals surface area (Å²) >= 11 is 13.5. The number of carbonyl (C=O) groups is 1. The van der Waals surface area contributed by atoms with Crippen LogP contribution in [0.3, 0.4) is 0 Å². The molecule has 2 N–H and O–H groups in total. The van der Waals surface area contributed by atoms with Crippen molar-refractivity contribution in [1.29, 1.82) is 0 Å². The van der Waals surface area contributed by atoms with E-state index in [1.54, 1.807) is 6.26 Å². The third kappa shape index (κ3) is 4.49. The summed E-state index contributed by atoms with van der Waals surface area (Å²) in [7, 11) is 0. The highest BCUT2D eigenvalue weighted by Gasteiger charge is 2.33. The smallest absolute Gasteiger partial charge is 0.383 e. The molecule has 0 atom stereocenters. The van der Waals surface area contributed by atoms with Crippen molar-refractivity contribution >= 4 is 46.6 Å². The molecular weight excluding hydrogens is 482 g/mol. The molecule has 0 saturated heterocycles. The van der Waals surface area contributed by atoms with Crippen molar-refractivity contribution in [2.45, 2.75) is 37.9 Å². The number of hydrogen-bond donors (Lipinski definition) is 1. The Balaban J connectivity index is 2.19. The Bertz CT molecular complexity index is 1180. The average Bonchev–Trinajstić information content (AvgIpc) is 3.02. The van der Waals surface area contributed by atoms with Gasteiger partial charge in [0, 0.05) is 5.56 Å². The fourth-order valence-corrected chi connectivity index (χ4v) is 4.46. The number of aryl methyl sites for hydroxylation is 1. The first-order chi connectivity index (χ1) is 14.9. The van der Waals surface area contributed by atoms with E-state index >= 15 is 0 Å². The van der Waals surface area contributed by atoms with Gasteiger partial charge in [-0.15, -0.1) is 11.8 Å². The van der Waals surface area contributed by atoms with Crippen LogP contribution in [-0.4, -0.2) is 21.8 Å². The number of thioether (sulfide) groups is 1. The van der Waals surface area contributed by atoms with Crippen molar-refractivity contribution in [3.05, 3.63) is 68.2 Å². The zero-order valence-corrected chi connectivity index (χ0v) is 20.0. The molecule has 4 nitrogen and oxygen atoms in total. The number of nitrogens with two attached hydrogens (primary N) is 1. The second-order valence-electron chi connectivity index (χ2n) is 7.53. The molecule has 1 heterocycles. The van der Waals surface area contributed by atoms with Gasteiger partial charge >= 0.3 is 6.18 Å². The molecule has 32 heavy (non-hydrogen) atoms. The van der Waals surface area contributed by atoms with Crippen molar-refractivity contribution in [2.75, 3.05) is 12.0 Å². The molecule has 0 aliphatic carbocycles. The van der Waals surface area contributed by atoms with Gasteiger partial charge in [-0.05, 0) is 48.4 Å². The number of rotatable bonds is 5. The number of carbonyl (C=O) groups excluding carboxylic acids is 1. The highest BCUT2D eigenvalue weighted by molar-refractivity contribution is 7.98. The Labute approximate surface area is 197 Å². The number of nitrogens with zero attached hydrogens (tertiary/aromatic N) is 2. The second-order valence-corrected chi connectivity index (χ2v) is 9.14. The highest BCUT2D eigenvalue weighted by Crippen LogP contribution is 2.40. The third-order valence-electron chi connectivity index (χ3n) is 5.04. The van der Waals surface area contributed by atoms with Crippen LogP contribution >= 0.6 is 35.0 Å². The molecule has 0 unspecified atom stereocenters. The summed E-state index contributed by atoms with van der Waals surface area (Å²) in [6.45, 7) is 5.86. The van der Waals surface area contributed by atoms with Crippen molar-refractivity contribution in [2.24, 2.45) is 0 Å². The molecule has 10 heteroatoms. The molecule has 3 aromatic rings. The summed E-state index contributed by atoms with van der Waals surface area (Å²) in [5.74, 6) is -0.179.